The number of carbonyl (C=O) groups is 2. The molecule has 0 bridgehead atoms. The lowest BCUT2D eigenvalue weighted by atomic mass is 9.93. The number of carboxylic acids is 1. The second-order valence-electron chi connectivity index (χ2n) is 6.44. The van der Waals surface area contributed by atoms with Crippen LogP contribution in [0.25, 0.3) is 0 Å². The Labute approximate surface area is 152 Å². The number of amides is 1. The van der Waals surface area contributed by atoms with Crippen LogP contribution in [0.1, 0.15) is 24.4 Å². The molecule has 3 N–H and O–H groups in total. The van der Waals surface area contributed by atoms with Crippen LogP contribution >= 0.6 is 0 Å². The summed E-state index contributed by atoms with van der Waals surface area (Å²) in [5.41, 5.74) is 6.04. The van der Waals surface area contributed by atoms with Crippen LogP contribution in [-0.2, 0) is 9.59 Å². The molecule has 1 aliphatic heterocycles. The molecule has 26 heavy (non-hydrogen) atoms. The van der Waals surface area contributed by atoms with Crippen molar-refractivity contribution in [3.05, 3.63) is 60.2 Å². The van der Waals surface area contributed by atoms with Crippen LogP contribution in [-0.4, -0.2) is 35.0 Å². The lowest BCUT2D eigenvalue weighted by molar-refractivity contribution is -0.144. The van der Waals surface area contributed by atoms with Crippen LogP contribution < -0.4 is 10.5 Å². The highest BCUT2D eigenvalue weighted by Crippen LogP contribution is 2.29. The summed E-state index contributed by atoms with van der Waals surface area (Å²) in [6, 6.07) is 15.8. The van der Waals surface area contributed by atoms with E-state index in [1.165, 1.54) is 0 Å². The minimum absolute atomic E-state index is 0.164. The second kappa shape index (κ2) is 8.01. The van der Waals surface area contributed by atoms with E-state index in [9.17, 15) is 14.7 Å². The lowest BCUT2D eigenvalue weighted by Crippen LogP contribution is -2.42. The number of hydrogen-bond donors (Lipinski definition) is 2. The van der Waals surface area contributed by atoms with Gasteiger partial charge in [0.15, 0.2) is 0 Å². The fourth-order valence-electron chi connectivity index (χ4n) is 3.29. The number of nitrogens with zero attached hydrogens (tertiary/aromatic N) is 1. The fraction of sp³-hybridized carbons (Fsp3) is 0.300. The third-order valence-corrected chi connectivity index (χ3v) is 4.71. The summed E-state index contributed by atoms with van der Waals surface area (Å²) < 4.78 is 5.75. The predicted octanol–water partition coefficient (Wildman–Crippen LogP) is 2.80. The molecule has 1 amide bonds. The van der Waals surface area contributed by atoms with Crippen molar-refractivity contribution in [2.75, 3.05) is 13.1 Å². The molecule has 1 unspecified atom stereocenters. The van der Waals surface area contributed by atoms with Gasteiger partial charge in [-0.1, -0.05) is 30.3 Å². The van der Waals surface area contributed by atoms with Gasteiger partial charge in [-0.2, -0.15) is 0 Å². The Morgan fingerprint density at radius 1 is 1.00 bits per heavy atom. The fourth-order valence-corrected chi connectivity index (χ4v) is 3.29. The Bertz CT molecular complexity index is 753. The van der Waals surface area contributed by atoms with E-state index in [4.69, 9.17) is 10.5 Å². The number of benzene rings is 2. The summed E-state index contributed by atoms with van der Waals surface area (Å²) in [7, 11) is 0. The van der Waals surface area contributed by atoms with Crippen molar-refractivity contribution in [1.29, 1.82) is 0 Å². The van der Waals surface area contributed by atoms with E-state index >= 15 is 0 Å². The molecule has 1 aliphatic rings. The standard InChI is InChI=1S/C20H22N2O4/c21-19(23)15-10-12-22(13-11-15)18(20(24)25)14-6-8-17(9-7-14)26-16-4-2-1-3-5-16/h1-9,15,18H,10-13H2,(H2,21,23)(H,24,25). The van der Waals surface area contributed by atoms with E-state index in [0.717, 1.165) is 5.75 Å². The first-order valence-electron chi connectivity index (χ1n) is 8.63. The van der Waals surface area contributed by atoms with Crippen LogP contribution in [0.2, 0.25) is 0 Å². The minimum atomic E-state index is -0.903. The quantitative estimate of drug-likeness (QED) is 0.832. The third-order valence-electron chi connectivity index (χ3n) is 4.71. The van der Waals surface area contributed by atoms with Gasteiger partial charge in [0.2, 0.25) is 5.91 Å². The highest BCUT2D eigenvalue weighted by Gasteiger charge is 2.32. The zero-order valence-electron chi connectivity index (χ0n) is 14.4. The van der Waals surface area contributed by atoms with E-state index in [2.05, 4.69) is 0 Å². The van der Waals surface area contributed by atoms with E-state index < -0.39 is 12.0 Å². The maximum Gasteiger partial charge on any atom is 0.325 e. The molecule has 1 fully saturated rings. The molecule has 136 valence electrons. The summed E-state index contributed by atoms with van der Waals surface area (Å²) in [5.74, 6) is 0.000573. The monoisotopic (exact) mass is 354 g/mol. The van der Waals surface area contributed by atoms with Gasteiger partial charge in [0.05, 0.1) is 0 Å². The normalized spacial score (nSPS) is 16.8. The maximum atomic E-state index is 11.8. The van der Waals surface area contributed by atoms with Crippen molar-refractivity contribution >= 4 is 11.9 Å². The van der Waals surface area contributed by atoms with Crippen LogP contribution in [0.5, 0.6) is 11.5 Å². The van der Waals surface area contributed by atoms with Gasteiger partial charge in [-0.3, -0.25) is 14.5 Å². The number of piperidine rings is 1. The maximum absolute atomic E-state index is 11.8. The van der Waals surface area contributed by atoms with E-state index in [1.807, 2.05) is 35.2 Å². The molecule has 0 aromatic heterocycles. The van der Waals surface area contributed by atoms with Gasteiger partial charge in [0, 0.05) is 19.0 Å². The molecule has 2 aromatic carbocycles. The van der Waals surface area contributed by atoms with Gasteiger partial charge in [0.25, 0.3) is 0 Å². The number of hydrogen-bond acceptors (Lipinski definition) is 4. The SMILES string of the molecule is NC(=O)C1CCN(C(C(=O)O)c2ccc(Oc3ccccc3)cc2)CC1. The molecule has 0 saturated carbocycles. The van der Waals surface area contributed by atoms with Gasteiger partial charge in [-0.15, -0.1) is 0 Å². The smallest absolute Gasteiger partial charge is 0.325 e. The van der Waals surface area contributed by atoms with Crippen LogP contribution in [0.15, 0.2) is 54.6 Å². The van der Waals surface area contributed by atoms with Gasteiger partial charge in [-0.25, -0.2) is 0 Å². The number of para-hydroxylation sites is 1. The molecular formula is C20H22N2O4. The zero-order valence-corrected chi connectivity index (χ0v) is 14.4. The van der Waals surface area contributed by atoms with Gasteiger partial charge in [0.1, 0.15) is 17.5 Å². The molecule has 2 aromatic rings. The Kier molecular flexibility index (Phi) is 5.53. The molecule has 6 nitrogen and oxygen atoms in total. The number of nitrogens with two attached hydrogens (primary N) is 1. The summed E-state index contributed by atoms with van der Waals surface area (Å²) in [4.78, 5) is 25.0. The van der Waals surface area contributed by atoms with Crippen LogP contribution in [0, 0.1) is 5.92 Å². The van der Waals surface area contributed by atoms with E-state index in [1.54, 1.807) is 24.3 Å². The van der Waals surface area contributed by atoms with Crippen LogP contribution in [0.4, 0.5) is 0 Å². The molecule has 0 spiro atoms. The Morgan fingerprint density at radius 3 is 2.12 bits per heavy atom. The van der Waals surface area contributed by atoms with Crippen molar-refractivity contribution < 1.29 is 19.4 Å². The molecular weight excluding hydrogens is 332 g/mol. The zero-order chi connectivity index (χ0) is 18.5. The number of carbonyl (C=O) groups excluding carboxylic acids is 1. The van der Waals surface area contributed by atoms with E-state index in [0.29, 0.717) is 37.2 Å². The van der Waals surface area contributed by atoms with Crippen LogP contribution in [0.3, 0.4) is 0 Å². The average Bonchev–Trinajstić information content (AvgIpc) is 2.64. The largest absolute Gasteiger partial charge is 0.480 e. The molecule has 0 radical (unpaired) electrons. The number of carboxylic acid groups (broad SMARTS) is 1. The highest BCUT2D eigenvalue weighted by molar-refractivity contribution is 5.77. The van der Waals surface area contributed by atoms with Gasteiger partial charge >= 0.3 is 5.97 Å². The summed E-state index contributed by atoms with van der Waals surface area (Å²) in [6.45, 7) is 1.07. The lowest BCUT2D eigenvalue weighted by Gasteiger charge is -2.34. The number of rotatable bonds is 6. The average molecular weight is 354 g/mol. The Morgan fingerprint density at radius 2 is 1.58 bits per heavy atom. The molecule has 3 rings (SSSR count). The minimum Gasteiger partial charge on any atom is -0.480 e. The highest BCUT2D eigenvalue weighted by atomic mass is 16.5. The Hall–Kier alpha value is -2.86. The molecule has 1 atom stereocenters. The van der Waals surface area contributed by atoms with Gasteiger partial charge < -0.3 is 15.6 Å². The van der Waals surface area contributed by atoms with Crippen molar-refractivity contribution in [2.24, 2.45) is 11.7 Å². The summed E-state index contributed by atoms with van der Waals surface area (Å²) in [5, 5.41) is 9.69. The molecule has 1 heterocycles. The van der Waals surface area contributed by atoms with E-state index in [-0.39, 0.29) is 11.8 Å². The number of aliphatic carboxylic acids is 1. The Balaban J connectivity index is 1.70. The number of ether oxygens (including phenoxy) is 1. The molecule has 6 heteroatoms. The predicted molar refractivity (Wildman–Crippen MR) is 96.8 cm³/mol. The van der Waals surface area contributed by atoms with Gasteiger partial charge in [-0.05, 0) is 42.7 Å². The summed E-state index contributed by atoms with van der Waals surface area (Å²) >= 11 is 0. The first-order valence-corrected chi connectivity index (χ1v) is 8.63. The topological polar surface area (TPSA) is 92.9 Å². The molecule has 1 saturated heterocycles. The first-order chi connectivity index (χ1) is 12.5. The summed E-state index contributed by atoms with van der Waals surface area (Å²) in [6.07, 6.45) is 1.18. The number of likely N-dealkylation sites (tertiary alicyclic amines) is 1. The van der Waals surface area contributed by atoms with Crippen molar-refractivity contribution in [2.45, 2.75) is 18.9 Å². The van der Waals surface area contributed by atoms with Crippen molar-refractivity contribution in [3.63, 3.8) is 0 Å². The third kappa shape index (κ3) is 4.21. The van der Waals surface area contributed by atoms with Crippen molar-refractivity contribution in [3.8, 4) is 11.5 Å². The number of primary amides is 1. The second-order valence-corrected chi connectivity index (χ2v) is 6.44. The first kappa shape index (κ1) is 17.9. The van der Waals surface area contributed by atoms with Crippen molar-refractivity contribution in [1.82, 2.24) is 4.90 Å². The molecule has 0 aliphatic carbocycles.